The normalized spacial score (nSPS) is 20.1. The summed E-state index contributed by atoms with van der Waals surface area (Å²) >= 11 is 0.964. The quantitative estimate of drug-likeness (QED) is 0.0639. The summed E-state index contributed by atoms with van der Waals surface area (Å²) in [7, 11) is -0.0564. The van der Waals surface area contributed by atoms with Crippen LogP contribution in [0.5, 0.6) is 0 Å². The number of fused-ring (bicyclic) bond motifs is 6. The lowest BCUT2D eigenvalue weighted by atomic mass is 9.78. The van der Waals surface area contributed by atoms with Crippen LogP contribution < -0.4 is 4.90 Å². The molecule has 0 unspecified atom stereocenters. The molecule has 8 nitrogen and oxygen atoms in total. The van der Waals surface area contributed by atoms with Crippen molar-refractivity contribution in [3.8, 4) is 0 Å². The Labute approximate surface area is 303 Å². The van der Waals surface area contributed by atoms with E-state index in [1.807, 2.05) is 30.3 Å². The van der Waals surface area contributed by atoms with Crippen LogP contribution in [0.2, 0.25) is 0 Å². The number of likely N-dealkylation sites (N-methyl/N-ethyl adjacent to an activating group) is 1. The van der Waals surface area contributed by atoms with Crippen molar-refractivity contribution in [1.29, 1.82) is 0 Å². The van der Waals surface area contributed by atoms with Gasteiger partial charge in [-0.25, -0.2) is 5.26 Å². The van der Waals surface area contributed by atoms with Gasteiger partial charge in [-0.1, -0.05) is 49.2 Å². The molecule has 4 aromatic rings. The smallest absolute Gasteiger partial charge is 0.294 e. The van der Waals surface area contributed by atoms with Crippen molar-refractivity contribution in [2.45, 2.75) is 74.5 Å². The van der Waals surface area contributed by atoms with Crippen molar-refractivity contribution < 1.29 is 32.2 Å². The molecule has 7 rings (SSSR count). The van der Waals surface area contributed by atoms with Gasteiger partial charge in [0.05, 0.1) is 22.4 Å². The average molecular weight is 724 g/mol. The zero-order chi connectivity index (χ0) is 36.5. The van der Waals surface area contributed by atoms with Crippen molar-refractivity contribution in [3.05, 3.63) is 119 Å². The molecule has 2 aliphatic heterocycles. The summed E-state index contributed by atoms with van der Waals surface area (Å²) < 4.78 is 40.1. The molecule has 4 aromatic carbocycles. The lowest BCUT2D eigenvalue weighted by Crippen LogP contribution is -2.27. The van der Waals surface area contributed by atoms with Gasteiger partial charge in [0.1, 0.15) is 7.05 Å². The Morgan fingerprint density at radius 2 is 1.59 bits per heavy atom. The lowest BCUT2D eigenvalue weighted by Gasteiger charge is -2.25. The third-order valence-corrected chi connectivity index (χ3v) is 12.5. The fraction of sp³-hybridized carbons (Fsp3) is 0.293. The molecule has 0 aromatic heterocycles. The van der Waals surface area contributed by atoms with Gasteiger partial charge in [-0.15, -0.1) is 4.33 Å². The van der Waals surface area contributed by atoms with Crippen LogP contribution in [-0.4, -0.2) is 42.6 Å². The molecular weight excluding hydrogens is 681 g/mol. The van der Waals surface area contributed by atoms with Gasteiger partial charge in [0.25, 0.3) is 10.1 Å². The molecule has 51 heavy (non-hydrogen) atoms. The van der Waals surface area contributed by atoms with Gasteiger partial charge in [0, 0.05) is 46.4 Å². The first kappa shape index (κ1) is 35.4. The second-order valence-electron chi connectivity index (χ2n) is 14.7. The first-order chi connectivity index (χ1) is 24.1. The predicted octanol–water partition coefficient (Wildman–Crippen LogP) is 9.97. The fourth-order valence-electron chi connectivity index (χ4n) is 8.55. The maximum atomic E-state index is 11.8. The molecule has 3 aliphatic rings. The predicted molar refractivity (Wildman–Crippen MR) is 206 cm³/mol. The van der Waals surface area contributed by atoms with Crippen LogP contribution >= 0.6 is 12.0 Å². The molecule has 0 radical (unpaired) electrons. The zero-order valence-electron chi connectivity index (χ0n) is 29.9. The van der Waals surface area contributed by atoms with Gasteiger partial charge in [-0.05, 0) is 126 Å². The Hall–Kier alpha value is -4.03. The lowest BCUT2D eigenvalue weighted by molar-refractivity contribution is -0.432. The molecule has 264 valence electrons. The minimum absolute atomic E-state index is 0.0978. The molecule has 0 amide bonds. The molecule has 2 heterocycles. The molecule has 10 heteroatoms. The number of nitrogens with zero attached hydrogens (tertiary/aromatic N) is 2. The second-order valence-corrected chi connectivity index (χ2v) is 16.9. The number of allylic oxidation sites excluding steroid dienone is 8. The van der Waals surface area contributed by atoms with E-state index in [9.17, 15) is 13.0 Å². The fourth-order valence-corrected chi connectivity index (χ4v) is 9.48. The van der Waals surface area contributed by atoms with Crippen LogP contribution in [0.15, 0.2) is 117 Å². The third-order valence-electron chi connectivity index (χ3n) is 11.1. The van der Waals surface area contributed by atoms with Crippen LogP contribution in [0.25, 0.3) is 21.5 Å². The summed E-state index contributed by atoms with van der Waals surface area (Å²) in [5, 5.41) is 16.4. The van der Waals surface area contributed by atoms with Crippen LogP contribution in [0, 0.1) is 0 Å². The summed E-state index contributed by atoms with van der Waals surface area (Å²) in [6, 6.07) is 19.2. The molecule has 0 fully saturated rings. The van der Waals surface area contributed by atoms with Crippen LogP contribution in [0.4, 0.5) is 11.4 Å². The highest BCUT2D eigenvalue weighted by molar-refractivity contribution is 7.94. The number of benzene rings is 4. The first-order valence-corrected chi connectivity index (χ1v) is 19.2. The van der Waals surface area contributed by atoms with E-state index in [0.717, 1.165) is 63.6 Å². The third kappa shape index (κ3) is 5.97. The van der Waals surface area contributed by atoms with Gasteiger partial charge >= 0.3 is 0 Å². The van der Waals surface area contributed by atoms with E-state index in [1.54, 1.807) is 6.07 Å². The molecule has 2 N–H and O–H groups in total. The zero-order valence-corrected chi connectivity index (χ0v) is 31.6. The highest BCUT2D eigenvalue weighted by Crippen LogP contribution is 2.51. The molecule has 1 aliphatic carbocycles. The van der Waals surface area contributed by atoms with E-state index in [4.69, 9.17) is 5.26 Å². The summed E-state index contributed by atoms with van der Waals surface area (Å²) in [5.41, 5.74) is 10.6. The number of hydrogen-bond donors (Lipinski definition) is 2. The topological polar surface area (TPSA) is 99.3 Å². The van der Waals surface area contributed by atoms with E-state index >= 15 is 0 Å². The van der Waals surface area contributed by atoms with Gasteiger partial charge in [0.15, 0.2) is 5.71 Å². The van der Waals surface area contributed by atoms with Crippen molar-refractivity contribution in [1.82, 2.24) is 0 Å². The molecule has 0 saturated carbocycles. The maximum absolute atomic E-state index is 11.8. The van der Waals surface area contributed by atoms with E-state index in [1.165, 1.54) is 50.8 Å². The van der Waals surface area contributed by atoms with E-state index in [0.29, 0.717) is 0 Å². The van der Waals surface area contributed by atoms with Crippen molar-refractivity contribution in [3.63, 3.8) is 0 Å². The molecule has 0 saturated heterocycles. The number of anilines is 1. The van der Waals surface area contributed by atoms with Gasteiger partial charge in [-0.3, -0.25) is 4.55 Å². The average Bonchev–Trinajstić information content (AvgIpc) is 3.41. The van der Waals surface area contributed by atoms with E-state index in [-0.39, 0.29) is 15.7 Å². The van der Waals surface area contributed by atoms with Crippen molar-refractivity contribution in [2.24, 2.45) is 0 Å². The molecule has 0 bridgehead atoms. The molecule has 0 atom stereocenters. The summed E-state index contributed by atoms with van der Waals surface area (Å²) in [4.78, 5) is 3.04. The minimum Gasteiger partial charge on any atom is -0.347 e. The van der Waals surface area contributed by atoms with Crippen LogP contribution in [0.1, 0.15) is 65.0 Å². The molecule has 0 spiro atoms. The SMILES string of the molecule is CC1=C(/C=C/C2=[N+](C)c3ccc4cc(S(=O)(=O)O)ccc4c3C2(C)C)CCC/C1=C\C=C1\N(C)c2ccc3cc(SOOO)ccc3c2C1(C)C. The van der Waals surface area contributed by atoms with E-state index < -0.39 is 10.1 Å². The Kier molecular flexibility index (Phi) is 8.93. The van der Waals surface area contributed by atoms with Crippen molar-refractivity contribution in [2.75, 3.05) is 19.0 Å². The number of hydrogen-bond acceptors (Lipinski definition) is 7. The Morgan fingerprint density at radius 3 is 2.33 bits per heavy atom. The first-order valence-electron chi connectivity index (χ1n) is 17.1. The summed E-state index contributed by atoms with van der Waals surface area (Å²) in [6.07, 6.45) is 12.3. The van der Waals surface area contributed by atoms with E-state index in [2.05, 4.69) is 110 Å². The van der Waals surface area contributed by atoms with Crippen molar-refractivity contribution >= 4 is 60.8 Å². The largest absolute Gasteiger partial charge is 0.347 e. The standard InChI is InChI=1S/C41H42N2O6S2/c1-25-26(13-21-36-40(2,3)38-32-17-15-30(50-49-48-44)23-28(32)11-19-34(38)42(36)6)9-8-10-27(25)14-22-37-41(4,5)39-33-18-16-31(51(45,46)47)24-29(33)12-20-35(39)43(37)7/h11-24H,8-10H2,1-7H3,(H-,44,45,46,47)/p+1. The summed E-state index contributed by atoms with van der Waals surface area (Å²) in [5.74, 6) is 0. The van der Waals surface area contributed by atoms with Gasteiger partial charge in [-0.2, -0.15) is 13.0 Å². The Balaban J connectivity index is 1.19. The number of rotatable bonds is 7. The molecular formula is C41H43N2O6S2+. The second kappa shape index (κ2) is 12.9. The monoisotopic (exact) mass is 723 g/mol. The maximum Gasteiger partial charge on any atom is 0.294 e. The van der Waals surface area contributed by atoms with Gasteiger partial charge < -0.3 is 4.90 Å². The highest BCUT2D eigenvalue weighted by atomic mass is 32.2. The van der Waals surface area contributed by atoms with Crippen LogP contribution in [0.3, 0.4) is 0 Å². The Morgan fingerprint density at radius 1 is 0.882 bits per heavy atom. The minimum atomic E-state index is -4.29. The van der Waals surface area contributed by atoms with Crippen LogP contribution in [-0.2, 0) is 30.3 Å². The summed E-state index contributed by atoms with van der Waals surface area (Å²) in [6.45, 7) is 11.2. The highest BCUT2D eigenvalue weighted by Gasteiger charge is 2.44. The van der Waals surface area contributed by atoms with Gasteiger partial charge in [0.2, 0.25) is 5.69 Å². The Bertz CT molecular complexity index is 2400.